The van der Waals surface area contributed by atoms with Crippen molar-refractivity contribution in [2.75, 3.05) is 0 Å². The van der Waals surface area contributed by atoms with Gasteiger partial charge in [-0.3, -0.25) is 4.79 Å². The van der Waals surface area contributed by atoms with Crippen LogP contribution in [0.2, 0.25) is 0 Å². The second-order valence-electron chi connectivity index (χ2n) is 5.05. The minimum atomic E-state index is -0.00694. The third-order valence-electron chi connectivity index (χ3n) is 3.90. The standard InChI is InChI=1S/C10H16O/c1-9(2)7-4-5-10(3,6-7)8(9)11/h7H,4-6H2,1-3H3/t7?,10-/m1/s1. The van der Waals surface area contributed by atoms with Crippen molar-refractivity contribution in [1.82, 2.24) is 0 Å². The van der Waals surface area contributed by atoms with Crippen LogP contribution in [0.3, 0.4) is 0 Å². The van der Waals surface area contributed by atoms with E-state index in [-0.39, 0.29) is 10.8 Å². The van der Waals surface area contributed by atoms with Gasteiger partial charge in [0.25, 0.3) is 0 Å². The summed E-state index contributed by atoms with van der Waals surface area (Å²) in [5.41, 5.74) is 0.0567. The van der Waals surface area contributed by atoms with Gasteiger partial charge in [-0.2, -0.15) is 0 Å². The molecular formula is C10H16O. The first-order valence-electron chi connectivity index (χ1n) is 4.52. The average Bonchev–Trinajstić information content (AvgIpc) is 2.36. The van der Waals surface area contributed by atoms with Crippen LogP contribution < -0.4 is 0 Å². The van der Waals surface area contributed by atoms with Crippen LogP contribution in [0.4, 0.5) is 0 Å². The van der Waals surface area contributed by atoms with Crippen molar-refractivity contribution in [1.29, 1.82) is 0 Å². The van der Waals surface area contributed by atoms with E-state index in [1.54, 1.807) is 0 Å². The first-order valence-corrected chi connectivity index (χ1v) is 4.52. The lowest BCUT2D eigenvalue weighted by molar-refractivity contribution is -0.134. The van der Waals surface area contributed by atoms with Gasteiger partial charge < -0.3 is 0 Å². The van der Waals surface area contributed by atoms with Gasteiger partial charge in [-0.1, -0.05) is 20.8 Å². The fourth-order valence-electron chi connectivity index (χ4n) is 3.03. The first kappa shape index (κ1) is 7.33. The van der Waals surface area contributed by atoms with Crippen molar-refractivity contribution in [3.8, 4) is 0 Å². The predicted octanol–water partition coefficient (Wildman–Crippen LogP) is 2.40. The number of hydrogen-bond donors (Lipinski definition) is 0. The normalized spacial score (nSPS) is 46.8. The molecule has 0 aromatic rings. The summed E-state index contributed by atoms with van der Waals surface area (Å²) in [4.78, 5) is 11.8. The maximum Gasteiger partial charge on any atom is 0.144 e. The van der Waals surface area contributed by atoms with Crippen molar-refractivity contribution in [2.45, 2.75) is 40.0 Å². The van der Waals surface area contributed by atoms with Gasteiger partial charge in [-0.05, 0) is 25.2 Å². The smallest absolute Gasteiger partial charge is 0.144 e. The Balaban J connectivity index is 2.42. The summed E-state index contributed by atoms with van der Waals surface area (Å²) < 4.78 is 0. The van der Waals surface area contributed by atoms with Crippen LogP contribution >= 0.6 is 0 Å². The molecule has 0 heterocycles. The van der Waals surface area contributed by atoms with Crippen molar-refractivity contribution in [2.24, 2.45) is 16.7 Å². The third-order valence-corrected chi connectivity index (χ3v) is 3.90. The number of carbonyl (C=O) groups excluding carboxylic acids is 1. The highest BCUT2D eigenvalue weighted by Crippen LogP contribution is 2.59. The monoisotopic (exact) mass is 152 g/mol. The van der Waals surface area contributed by atoms with E-state index < -0.39 is 0 Å². The van der Waals surface area contributed by atoms with E-state index in [0.29, 0.717) is 11.7 Å². The van der Waals surface area contributed by atoms with E-state index in [2.05, 4.69) is 20.8 Å². The lowest BCUT2D eigenvalue weighted by Gasteiger charge is -2.31. The largest absolute Gasteiger partial charge is 0.298 e. The van der Waals surface area contributed by atoms with Gasteiger partial charge in [0.05, 0.1) is 0 Å². The molecule has 2 atom stereocenters. The van der Waals surface area contributed by atoms with E-state index in [1.165, 1.54) is 6.42 Å². The molecule has 0 spiro atoms. The summed E-state index contributed by atoms with van der Waals surface area (Å²) in [6, 6.07) is 0. The second-order valence-corrected chi connectivity index (χ2v) is 5.05. The van der Waals surface area contributed by atoms with Gasteiger partial charge in [0, 0.05) is 10.8 Å². The van der Waals surface area contributed by atoms with Crippen LogP contribution in [-0.4, -0.2) is 5.78 Å². The molecule has 1 heteroatoms. The second kappa shape index (κ2) is 1.70. The predicted molar refractivity (Wildman–Crippen MR) is 44.2 cm³/mol. The number of carbonyl (C=O) groups is 1. The van der Waals surface area contributed by atoms with Crippen molar-refractivity contribution < 1.29 is 4.79 Å². The Morgan fingerprint density at radius 1 is 1.36 bits per heavy atom. The van der Waals surface area contributed by atoms with Crippen LogP contribution in [0.25, 0.3) is 0 Å². The van der Waals surface area contributed by atoms with Gasteiger partial charge in [-0.25, -0.2) is 0 Å². The molecule has 2 fully saturated rings. The lowest BCUT2D eigenvalue weighted by atomic mass is 9.72. The molecule has 62 valence electrons. The number of ketones is 1. The van der Waals surface area contributed by atoms with Crippen molar-refractivity contribution in [3.05, 3.63) is 0 Å². The molecule has 1 unspecified atom stereocenters. The van der Waals surface area contributed by atoms with Gasteiger partial charge >= 0.3 is 0 Å². The summed E-state index contributed by atoms with van der Waals surface area (Å²) in [6.45, 7) is 6.37. The summed E-state index contributed by atoms with van der Waals surface area (Å²) in [7, 11) is 0. The SMILES string of the molecule is CC1(C)C(=O)[C@]2(C)CCC1C2. The maximum absolute atomic E-state index is 11.8. The summed E-state index contributed by atoms with van der Waals surface area (Å²) in [6.07, 6.45) is 3.56. The van der Waals surface area contributed by atoms with Crippen LogP contribution in [0, 0.1) is 16.7 Å². The molecule has 2 aliphatic rings. The Bertz CT molecular complexity index is 210. The minimum Gasteiger partial charge on any atom is -0.298 e. The zero-order chi connectivity index (χ0) is 8.28. The fourth-order valence-corrected chi connectivity index (χ4v) is 3.03. The zero-order valence-electron chi connectivity index (χ0n) is 7.61. The van der Waals surface area contributed by atoms with Crippen LogP contribution in [0.15, 0.2) is 0 Å². The highest BCUT2D eigenvalue weighted by molar-refractivity contribution is 5.92. The molecule has 0 aromatic heterocycles. The number of fused-ring (bicyclic) bond motifs is 2. The first-order chi connectivity index (χ1) is 4.97. The van der Waals surface area contributed by atoms with E-state index in [1.807, 2.05) is 0 Å². The number of Topliss-reactive ketones (excluding diaryl/α,β-unsaturated/α-hetero) is 1. The molecule has 0 aromatic carbocycles. The minimum absolute atomic E-state index is 0.00694. The molecule has 2 bridgehead atoms. The number of hydrogen-bond acceptors (Lipinski definition) is 1. The zero-order valence-corrected chi connectivity index (χ0v) is 7.61. The summed E-state index contributed by atoms with van der Waals surface area (Å²) in [5.74, 6) is 1.20. The topological polar surface area (TPSA) is 17.1 Å². The molecule has 2 aliphatic carbocycles. The Kier molecular flexibility index (Phi) is 1.13. The van der Waals surface area contributed by atoms with Crippen molar-refractivity contribution >= 4 is 5.78 Å². The quantitative estimate of drug-likeness (QED) is 0.521. The van der Waals surface area contributed by atoms with Gasteiger partial charge in [0.15, 0.2) is 0 Å². The molecule has 2 saturated carbocycles. The van der Waals surface area contributed by atoms with E-state index in [4.69, 9.17) is 0 Å². The van der Waals surface area contributed by atoms with Gasteiger partial charge in [0.2, 0.25) is 0 Å². The number of rotatable bonds is 0. The fraction of sp³-hybridized carbons (Fsp3) is 0.900. The lowest BCUT2D eigenvalue weighted by Crippen LogP contribution is -2.35. The van der Waals surface area contributed by atoms with E-state index >= 15 is 0 Å². The van der Waals surface area contributed by atoms with Crippen LogP contribution in [-0.2, 0) is 4.79 Å². The summed E-state index contributed by atoms with van der Waals surface area (Å²) >= 11 is 0. The van der Waals surface area contributed by atoms with Crippen LogP contribution in [0.5, 0.6) is 0 Å². The van der Waals surface area contributed by atoms with Crippen LogP contribution in [0.1, 0.15) is 40.0 Å². The Morgan fingerprint density at radius 2 is 2.00 bits per heavy atom. The molecular weight excluding hydrogens is 136 g/mol. The van der Waals surface area contributed by atoms with Gasteiger partial charge in [0.1, 0.15) is 5.78 Å². The molecule has 0 saturated heterocycles. The molecule has 1 nitrogen and oxygen atoms in total. The summed E-state index contributed by atoms with van der Waals surface area (Å²) in [5, 5.41) is 0. The van der Waals surface area contributed by atoms with E-state index in [9.17, 15) is 4.79 Å². The Hall–Kier alpha value is -0.330. The third kappa shape index (κ3) is 0.692. The highest BCUT2D eigenvalue weighted by Gasteiger charge is 2.58. The highest BCUT2D eigenvalue weighted by atomic mass is 16.1. The van der Waals surface area contributed by atoms with Crippen molar-refractivity contribution in [3.63, 3.8) is 0 Å². The Labute approximate surface area is 68.2 Å². The van der Waals surface area contributed by atoms with E-state index in [0.717, 1.165) is 12.8 Å². The molecule has 0 aliphatic heterocycles. The molecule has 11 heavy (non-hydrogen) atoms. The molecule has 0 N–H and O–H groups in total. The molecule has 0 radical (unpaired) electrons. The average molecular weight is 152 g/mol. The van der Waals surface area contributed by atoms with Gasteiger partial charge in [-0.15, -0.1) is 0 Å². The Morgan fingerprint density at radius 3 is 2.27 bits per heavy atom. The maximum atomic E-state index is 11.8. The molecule has 2 rings (SSSR count). The molecule has 0 amide bonds.